The molecule has 1 saturated heterocycles. The van der Waals surface area contributed by atoms with E-state index in [1.165, 1.54) is 64.0 Å². The van der Waals surface area contributed by atoms with Crippen LogP contribution in [0.4, 0.5) is 0 Å². The Labute approximate surface area is 218 Å². The van der Waals surface area contributed by atoms with E-state index in [2.05, 4.69) is 11.9 Å². The Kier molecular flexibility index (Phi) is 13.7. The largest absolute Gasteiger partial charge is 0.470 e. The molecule has 12 heteroatoms. The number of nitrogens with zero attached hydrogens (tertiary/aromatic N) is 1. The van der Waals surface area contributed by atoms with Crippen LogP contribution in [0.5, 0.6) is 0 Å². The molecular formula is C25H45N2O9P. The summed E-state index contributed by atoms with van der Waals surface area (Å²) in [6, 6.07) is 1.09. The van der Waals surface area contributed by atoms with Gasteiger partial charge in [0.2, 0.25) is 0 Å². The summed E-state index contributed by atoms with van der Waals surface area (Å²) in [7, 11) is -5.03. The summed E-state index contributed by atoms with van der Waals surface area (Å²) in [4.78, 5) is 44.8. The van der Waals surface area contributed by atoms with E-state index in [9.17, 15) is 34.2 Å². The summed E-state index contributed by atoms with van der Waals surface area (Å²) in [6.45, 7) is 1.53. The molecule has 1 aromatic heterocycles. The molecule has 0 amide bonds. The number of hydrogen-bond acceptors (Lipinski definition) is 7. The first kappa shape index (κ1) is 31.9. The molecule has 1 aliphatic heterocycles. The van der Waals surface area contributed by atoms with Crippen molar-refractivity contribution < 1.29 is 33.8 Å². The maximum atomic E-state index is 12.6. The van der Waals surface area contributed by atoms with Gasteiger partial charge >= 0.3 is 13.5 Å². The SMILES string of the molecule is CCCCCCCCCCCCCCCC[C@@]1(n2ccc(=O)[nH]c2=O)O[C@H](CO)[C@@H](OP(=O)(O)O)[C@H]1O. The van der Waals surface area contributed by atoms with Crippen molar-refractivity contribution in [1.29, 1.82) is 0 Å². The molecule has 37 heavy (non-hydrogen) atoms. The van der Waals surface area contributed by atoms with E-state index in [1.54, 1.807) is 0 Å². The van der Waals surface area contributed by atoms with Gasteiger partial charge in [-0.3, -0.25) is 18.9 Å². The molecule has 2 rings (SSSR count). The van der Waals surface area contributed by atoms with Crippen LogP contribution in [0.25, 0.3) is 0 Å². The second-order valence-electron chi connectivity index (χ2n) is 10.0. The number of aromatic nitrogens is 2. The predicted molar refractivity (Wildman–Crippen MR) is 139 cm³/mol. The lowest BCUT2D eigenvalue weighted by Gasteiger charge is -2.34. The zero-order valence-corrected chi connectivity index (χ0v) is 22.8. The second-order valence-corrected chi connectivity index (χ2v) is 11.2. The maximum Gasteiger partial charge on any atom is 0.470 e. The van der Waals surface area contributed by atoms with Gasteiger partial charge in [-0.25, -0.2) is 9.36 Å². The van der Waals surface area contributed by atoms with Gasteiger partial charge < -0.3 is 24.7 Å². The number of H-pyrrole nitrogens is 1. The molecule has 0 spiro atoms. The number of aliphatic hydroxyl groups excluding tert-OH is 2. The number of unbranched alkanes of at least 4 members (excludes halogenated alkanes) is 13. The Hall–Kier alpha value is -1.33. The number of hydrogen-bond donors (Lipinski definition) is 5. The number of phosphoric ester groups is 1. The van der Waals surface area contributed by atoms with Gasteiger partial charge in [-0.15, -0.1) is 0 Å². The van der Waals surface area contributed by atoms with Crippen LogP contribution < -0.4 is 11.2 Å². The zero-order chi connectivity index (χ0) is 27.3. The molecule has 0 saturated carbocycles. The van der Waals surface area contributed by atoms with E-state index in [-0.39, 0.29) is 6.42 Å². The van der Waals surface area contributed by atoms with Crippen molar-refractivity contribution in [2.75, 3.05) is 6.61 Å². The highest BCUT2D eigenvalue weighted by Crippen LogP contribution is 2.47. The first-order valence-corrected chi connectivity index (χ1v) is 15.2. The van der Waals surface area contributed by atoms with E-state index >= 15 is 0 Å². The monoisotopic (exact) mass is 548 g/mol. The summed E-state index contributed by atoms with van der Waals surface area (Å²) in [5.41, 5.74) is -3.24. The Morgan fingerprint density at radius 2 is 1.49 bits per heavy atom. The molecule has 0 aliphatic carbocycles. The fourth-order valence-electron chi connectivity index (χ4n) is 5.10. The summed E-state index contributed by atoms with van der Waals surface area (Å²) in [5, 5.41) is 20.8. The molecule has 5 N–H and O–H groups in total. The first-order chi connectivity index (χ1) is 17.6. The average molecular weight is 549 g/mol. The van der Waals surface area contributed by atoms with Crippen LogP contribution in [0.3, 0.4) is 0 Å². The van der Waals surface area contributed by atoms with Gasteiger partial charge in [0.05, 0.1) is 6.61 Å². The van der Waals surface area contributed by atoms with Crippen LogP contribution in [-0.4, -0.2) is 54.5 Å². The third-order valence-electron chi connectivity index (χ3n) is 7.05. The molecule has 11 nitrogen and oxygen atoms in total. The standard InChI is InChI=1S/C25H45N2O9P/c1-2-3-4-5-6-7-8-9-10-11-12-13-14-15-17-25(27-18-16-21(29)26-24(27)31)23(30)22(20(19-28)35-25)36-37(32,33)34/h16,18,20,22-23,28,30H,2-15,17,19H2,1H3,(H,26,29,31)(H2,32,33,34)/t20-,22-,23-,25-/m1/s1. The number of phosphoric acid groups is 1. The van der Waals surface area contributed by atoms with Gasteiger partial charge in [-0.1, -0.05) is 90.4 Å². The smallest absolute Gasteiger partial charge is 0.394 e. The van der Waals surface area contributed by atoms with E-state index in [1.807, 2.05) is 0 Å². The molecule has 4 atom stereocenters. The quantitative estimate of drug-likeness (QED) is 0.128. The summed E-state index contributed by atoms with van der Waals surface area (Å²) in [6.07, 6.45) is 12.9. The van der Waals surface area contributed by atoms with Gasteiger partial charge in [0.1, 0.15) is 18.3 Å². The molecule has 1 aromatic rings. The summed E-state index contributed by atoms with van der Waals surface area (Å²) < 4.78 is 23.1. The topological polar surface area (TPSA) is 171 Å². The average Bonchev–Trinajstić information content (AvgIpc) is 3.09. The van der Waals surface area contributed by atoms with Crippen LogP contribution >= 0.6 is 7.82 Å². The summed E-state index contributed by atoms with van der Waals surface area (Å²) in [5.74, 6) is 0. The molecule has 2 heterocycles. The lowest BCUT2D eigenvalue weighted by molar-refractivity contribution is -0.156. The number of aromatic amines is 1. The molecule has 0 unspecified atom stereocenters. The van der Waals surface area contributed by atoms with E-state index < -0.39 is 49.7 Å². The van der Waals surface area contributed by atoms with Crippen LogP contribution in [0, 0.1) is 0 Å². The van der Waals surface area contributed by atoms with E-state index in [4.69, 9.17) is 9.26 Å². The Morgan fingerprint density at radius 1 is 0.973 bits per heavy atom. The van der Waals surface area contributed by atoms with Gasteiger partial charge in [0.15, 0.2) is 5.72 Å². The Balaban J connectivity index is 1.88. The van der Waals surface area contributed by atoms with Crippen molar-refractivity contribution in [1.82, 2.24) is 9.55 Å². The highest BCUT2D eigenvalue weighted by atomic mass is 31.2. The third kappa shape index (κ3) is 10.1. The van der Waals surface area contributed by atoms with E-state index in [0.717, 1.165) is 36.3 Å². The molecule has 1 fully saturated rings. The number of rotatable bonds is 19. The minimum Gasteiger partial charge on any atom is -0.394 e. The molecule has 0 radical (unpaired) electrons. The molecule has 214 valence electrons. The maximum absolute atomic E-state index is 12.6. The van der Waals surface area contributed by atoms with Crippen LogP contribution in [0.15, 0.2) is 21.9 Å². The van der Waals surface area contributed by atoms with Crippen LogP contribution in [0.1, 0.15) is 103 Å². The Morgan fingerprint density at radius 3 is 1.95 bits per heavy atom. The van der Waals surface area contributed by atoms with Crippen molar-refractivity contribution >= 4 is 7.82 Å². The fraction of sp³-hybridized carbons (Fsp3) is 0.840. The molecule has 0 bridgehead atoms. The molecule has 1 aliphatic rings. The van der Waals surface area contributed by atoms with E-state index in [0.29, 0.717) is 6.42 Å². The number of aliphatic hydroxyl groups is 2. The van der Waals surface area contributed by atoms with Crippen molar-refractivity contribution in [2.45, 2.75) is 127 Å². The highest BCUT2D eigenvalue weighted by molar-refractivity contribution is 7.46. The predicted octanol–water partition coefficient (Wildman–Crippen LogP) is 3.29. The normalized spacial score (nSPS) is 24.1. The number of ether oxygens (including phenoxy) is 1. The zero-order valence-electron chi connectivity index (χ0n) is 21.9. The van der Waals surface area contributed by atoms with Crippen molar-refractivity contribution in [3.63, 3.8) is 0 Å². The van der Waals surface area contributed by atoms with Crippen molar-refractivity contribution in [3.8, 4) is 0 Å². The fourth-order valence-corrected chi connectivity index (χ4v) is 5.67. The number of nitrogens with one attached hydrogen (secondary N) is 1. The molecular weight excluding hydrogens is 503 g/mol. The lowest BCUT2D eigenvalue weighted by Crippen LogP contribution is -2.51. The van der Waals surface area contributed by atoms with Crippen molar-refractivity contribution in [3.05, 3.63) is 33.1 Å². The van der Waals surface area contributed by atoms with Gasteiger partial charge in [0.25, 0.3) is 5.56 Å². The van der Waals surface area contributed by atoms with Crippen molar-refractivity contribution in [2.24, 2.45) is 0 Å². The van der Waals surface area contributed by atoms with Gasteiger partial charge in [0, 0.05) is 12.3 Å². The Bertz CT molecular complexity index is 947. The van der Waals surface area contributed by atoms with Crippen LogP contribution in [-0.2, 0) is 19.6 Å². The highest BCUT2D eigenvalue weighted by Gasteiger charge is 2.57. The minimum absolute atomic E-state index is 0.121. The van der Waals surface area contributed by atoms with Gasteiger partial charge in [-0.2, -0.15) is 0 Å². The van der Waals surface area contributed by atoms with Gasteiger partial charge in [-0.05, 0) is 12.8 Å². The lowest BCUT2D eigenvalue weighted by atomic mass is 9.95. The molecule has 0 aromatic carbocycles. The van der Waals surface area contributed by atoms with Crippen LogP contribution in [0.2, 0.25) is 0 Å². The summed E-state index contributed by atoms with van der Waals surface area (Å²) >= 11 is 0. The first-order valence-electron chi connectivity index (χ1n) is 13.7. The second kappa shape index (κ2) is 15.9. The minimum atomic E-state index is -5.03. The third-order valence-corrected chi connectivity index (χ3v) is 7.57.